The first-order valence-corrected chi connectivity index (χ1v) is 4.87. The van der Waals surface area contributed by atoms with Crippen LogP contribution in [0.4, 0.5) is 0 Å². The fourth-order valence-corrected chi connectivity index (χ4v) is 0.889. The lowest BCUT2D eigenvalue weighted by Gasteiger charge is -2.11. The Labute approximate surface area is 90.2 Å². The van der Waals surface area contributed by atoms with Crippen molar-refractivity contribution in [2.75, 3.05) is 13.2 Å². The Balaban J connectivity index is 3.50. The van der Waals surface area contributed by atoms with Gasteiger partial charge in [-0.25, -0.2) is 0 Å². The number of rotatable bonds is 7. The molecular weight excluding hydrogens is 196 g/mol. The minimum absolute atomic E-state index is 0.0666. The zero-order chi connectivity index (χ0) is 11.8. The van der Waals surface area contributed by atoms with Gasteiger partial charge >= 0.3 is 5.97 Å². The van der Waals surface area contributed by atoms with Crippen molar-refractivity contribution in [3.8, 4) is 0 Å². The van der Waals surface area contributed by atoms with Crippen LogP contribution in [0.3, 0.4) is 0 Å². The third-order valence-corrected chi connectivity index (χ3v) is 1.81. The monoisotopic (exact) mass is 214 g/mol. The molecule has 15 heavy (non-hydrogen) atoms. The summed E-state index contributed by atoms with van der Waals surface area (Å²) in [6.07, 6.45) is 0.457. The average molecular weight is 214 g/mol. The molecule has 0 aliphatic carbocycles. The molecule has 0 aromatic carbocycles. The van der Waals surface area contributed by atoms with Crippen molar-refractivity contribution < 1.29 is 19.1 Å². The number of carbonyl (C=O) groups excluding carboxylic acids is 2. The molecule has 0 bridgehead atoms. The van der Waals surface area contributed by atoms with Crippen LogP contribution >= 0.6 is 0 Å². The van der Waals surface area contributed by atoms with Crippen LogP contribution in [0.15, 0.2) is 12.2 Å². The van der Waals surface area contributed by atoms with Crippen LogP contribution in [0.1, 0.15) is 27.2 Å². The van der Waals surface area contributed by atoms with E-state index in [1.54, 1.807) is 6.92 Å². The largest absolute Gasteiger partial charge is 0.463 e. The van der Waals surface area contributed by atoms with Crippen molar-refractivity contribution in [1.29, 1.82) is 0 Å². The van der Waals surface area contributed by atoms with Crippen LogP contribution in [-0.2, 0) is 19.1 Å². The highest BCUT2D eigenvalue weighted by Crippen LogP contribution is 2.00. The smallest absolute Gasteiger partial charge is 0.302 e. The summed E-state index contributed by atoms with van der Waals surface area (Å²) in [6.45, 7) is 8.86. The molecule has 0 aliphatic heterocycles. The second-order valence-electron chi connectivity index (χ2n) is 3.42. The molecule has 0 rings (SSSR count). The first kappa shape index (κ1) is 13.8. The molecule has 4 nitrogen and oxygen atoms in total. The standard InChI is InChI=1S/C11H18O4/c1-8(10(3)12)7-14-6-5-9(2)15-11(4)13/h9H,1,5-7H2,2-4H3. The molecule has 1 atom stereocenters. The fourth-order valence-electron chi connectivity index (χ4n) is 0.889. The van der Waals surface area contributed by atoms with Gasteiger partial charge in [0.15, 0.2) is 5.78 Å². The second kappa shape index (κ2) is 7.17. The molecule has 0 aromatic rings. The Hall–Kier alpha value is -1.16. The summed E-state index contributed by atoms with van der Waals surface area (Å²) in [4.78, 5) is 21.3. The van der Waals surface area contributed by atoms with Crippen LogP contribution in [0.5, 0.6) is 0 Å². The number of hydrogen-bond donors (Lipinski definition) is 0. The van der Waals surface area contributed by atoms with E-state index < -0.39 is 0 Å². The van der Waals surface area contributed by atoms with Crippen molar-refractivity contribution >= 4 is 11.8 Å². The minimum Gasteiger partial charge on any atom is -0.463 e. The average Bonchev–Trinajstić information content (AvgIpc) is 2.10. The Bertz CT molecular complexity index is 245. The minimum atomic E-state index is -0.296. The van der Waals surface area contributed by atoms with Crippen LogP contribution in [0.25, 0.3) is 0 Å². The topological polar surface area (TPSA) is 52.6 Å². The maximum absolute atomic E-state index is 10.8. The predicted octanol–water partition coefficient (Wildman–Crippen LogP) is 1.49. The molecule has 0 spiro atoms. The lowest BCUT2D eigenvalue weighted by Crippen LogP contribution is -2.15. The van der Waals surface area contributed by atoms with Gasteiger partial charge in [-0.2, -0.15) is 0 Å². The van der Waals surface area contributed by atoms with Crippen molar-refractivity contribution in [2.24, 2.45) is 0 Å². The summed E-state index contributed by atoms with van der Waals surface area (Å²) in [6, 6.07) is 0. The quantitative estimate of drug-likeness (QED) is 0.366. The van der Waals surface area contributed by atoms with Crippen molar-refractivity contribution in [2.45, 2.75) is 33.3 Å². The van der Waals surface area contributed by atoms with Crippen molar-refractivity contribution in [3.05, 3.63) is 12.2 Å². The van der Waals surface area contributed by atoms with E-state index in [4.69, 9.17) is 9.47 Å². The molecule has 0 aliphatic rings. The van der Waals surface area contributed by atoms with Gasteiger partial charge in [-0.15, -0.1) is 0 Å². The SMILES string of the molecule is C=C(COCCC(C)OC(C)=O)C(C)=O. The van der Waals surface area contributed by atoms with E-state index >= 15 is 0 Å². The summed E-state index contributed by atoms with van der Waals surface area (Å²) in [5, 5.41) is 0. The van der Waals surface area contributed by atoms with E-state index in [0.29, 0.717) is 18.6 Å². The molecule has 0 saturated carbocycles. The molecule has 0 heterocycles. The van der Waals surface area contributed by atoms with E-state index in [-0.39, 0.29) is 24.5 Å². The zero-order valence-electron chi connectivity index (χ0n) is 9.54. The lowest BCUT2D eigenvalue weighted by atomic mass is 10.2. The van der Waals surface area contributed by atoms with E-state index in [2.05, 4.69) is 6.58 Å². The summed E-state index contributed by atoms with van der Waals surface area (Å²) >= 11 is 0. The molecule has 4 heteroatoms. The van der Waals surface area contributed by atoms with Crippen molar-refractivity contribution in [3.63, 3.8) is 0 Å². The zero-order valence-corrected chi connectivity index (χ0v) is 9.54. The highest BCUT2D eigenvalue weighted by Gasteiger charge is 2.05. The lowest BCUT2D eigenvalue weighted by molar-refractivity contribution is -0.146. The molecule has 86 valence electrons. The van der Waals surface area contributed by atoms with Crippen molar-refractivity contribution in [1.82, 2.24) is 0 Å². The number of ketones is 1. The highest BCUT2D eigenvalue weighted by atomic mass is 16.5. The Morgan fingerprint density at radius 1 is 1.33 bits per heavy atom. The summed E-state index contributed by atoms with van der Waals surface area (Å²) in [5.74, 6) is -0.362. The molecule has 0 fully saturated rings. The Morgan fingerprint density at radius 2 is 1.93 bits per heavy atom. The molecule has 0 aromatic heterocycles. The van der Waals surface area contributed by atoms with E-state index in [9.17, 15) is 9.59 Å². The van der Waals surface area contributed by atoms with E-state index in [1.165, 1.54) is 13.8 Å². The summed E-state index contributed by atoms with van der Waals surface area (Å²) in [5.41, 5.74) is 0.454. The number of esters is 1. The molecule has 0 saturated heterocycles. The molecule has 0 N–H and O–H groups in total. The first-order valence-electron chi connectivity index (χ1n) is 4.87. The van der Waals surface area contributed by atoms with Crippen LogP contribution in [-0.4, -0.2) is 31.1 Å². The van der Waals surface area contributed by atoms with Gasteiger partial charge in [-0.3, -0.25) is 9.59 Å². The highest BCUT2D eigenvalue weighted by molar-refractivity contribution is 5.92. The summed E-state index contributed by atoms with van der Waals surface area (Å²) in [7, 11) is 0. The van der Waals surface area contributed by atoms with Crippen LogP contribution in [0.2, 0.25) is 0 Å². The third-order valence-electron chi connectivity index (χ3n) is 1.81. The maximum atomic E-state index is 10.8. The molecular formula is C11H18O4. The summed E-state index contributed by atoms with van der Waals surface area (Å²) < 4.78 is 10.1. The first-order chi connectivity index (χ1) is 6.93. The normalized spacial score (nSPS) is 11.9. The van der Waals surface area contributed by atoms with Crippen LogP contribution in [0, 0.1) is 0 Å². The van der Waals surface area contributed by atoms with Gasteiger partial charge in [0.25, 0.3) is 0 Å². The van der Waals surface area contributed by atoms with Gasteiger partial charge in [0.2, 0.25) is 0 Å². The number of ether oxygens (including phenoxy) is 2. The second-order valence-corrected chi connectivity index (χ2v) is 3.42. The van der Waals surface area contributed by atoms with E-state index in [0.717, 1.165) is 0 Å². The van der Waals surface area contributed by atoms with Gasteiger partial charge < -0.3 is 9.47 Å². The van der Waals surface area contributed by atoms with Crippen LogP contribution < -0.4 is 0 Å². The molecule has 0 radical (unpaired) electrons. The Morgan fingerprint density at radius 3 is 2.40 bits per heavy atom. The predicted molar refractivity (Wildman–Crippen MR) is 56.5 cm³/mol. The van der Waals surface area contributed by atoms with E-state index in [1.807, 2.05) is 0 Å². The van der Waals surface area contributed by atoms with Gasteiger partial charge in [0, 0.05) is 18.9 Å². The van der Waals surface area contributed by atoms with Gasteiger partial charge in [-0.1, -0.05) is 6.58 Å². The molecule has 1 unspecified atom stereocenters. The van der Waals surface area contributed by atoms with Gasteiger partial charge in [-0.05, 0) is 13.8 Å². The van der Waals surface area contributed by atoms with Gasteiger partial charge in [0.1, 0.15) is 6.10 Å². The molecule has 0 amide bonds. The Kier molecular flexibility index (Phi) is 6.62. The number of Topliss-reactive ketones (excluding diaryl/α,β-unsaturated/α-hetero) is 1. The fraction of sp³-hybridized carbons (Fsp3) is 0.636. The third kappa shape index (κ3) is 7.88. The number of carbonyl (C=O) groups is 2. The van der Waals surface area contributed by atoms with Gasteiger partial charge in [0.05, 0.1) is 13.2 Å². The number of hydrogen-bond acceptors (Lipinski definition) is 4. The maximum Gasteiger partial charge on any atom is 0.302 e.